The van der Waals surface area contributed by atoms with Crippen LogP contribution < -0.4 is 11.1 Å². The lowest BCUT2D eigenvalue weighted by atomic mass is 10.3. The average molecular weight is 333 g/mol. The fourth-order valence-corrected chi connectivity index (χ4v) is 3.07. The summed E-state index contributed by atoms with van der Waals surface area (Å²) < 4.78 is 13.1. The van der Waals surface area contributed by atoms with E-state index in [0.29, 0.717) is 10.6 Å². The maximum absolute atomic E-state index is 12.3. The highest BCUT2D eigenvalue weighted by atomic mass is 79.9. The van der Waals surface area contributed by atoms with Crippen molar-refractivity contribution in [1.29, 1.82) is 0 Å². The molecule has 18 heavy (non-hydrogen) atoms. The summed E-state index contributed by atoms with van der Waals surface area (Å²) in [7, 11) is -1.46. The van der Waals surface area contributed by atoms with E-state index in [0.717, 1.165) is 4.47 Å². The Balaban J connectivity index is 2.93. The number of hydrogen-bond acceptors (Lipinski definition) is 3. The van der Waals surface area contributed by atoms with E-state index < -0.39 is 16.0 Å². The van der Waals surface area contributed by atoms with Gasteiger partial charge in [0.25, 0.3) is 0 Å². The Bertz CT molecular complexity index is 477. The molecule has 4 nitrogen and oxygen atoms in total. The van der Waals surface area contributed by atoms with Crippen LogP contribution in [0.3, 0.4) is 0 Å². The summed E-state index contributed by atoms with van der Waals surface area (Å²) in [5.41, 5.74) is 6.22. The zero-order chi connectivity index (χ0) is 13.9. The predicted molar refractivity (Wildman–Crippen MR) is 77.7 cm³/mol. The molecule has 0 aliphatic rings. The van der Waals surface area contributed by atoms with E-state index in [9.17, 15) is 9.00 Å². The largest absolute Gasteiger partial charge is 0.398 e. The summed E-state index contributed by atoms with van der Waals surface area (Å²) in [5.74, 6) is -0.234. The van der Waals surface area contributed by atoms with Crippen LogP contribution in [0.25, 0.3) is 0 Å². The third-order valence-electron chi connectivity index (χ3n) is 2.31. The van der Waals surface area contributed by atoms with E-state index in [1.807, 2.05) is 13.8 Å². The lowest BCUT2D eigenvalue weighted by Crippen LogP contribution is -2.39. The lowest BCUT2D eigenvalue weighted by Gasteiger charge is -2.15. The fourth-order valence-electron chi connectivity index (χ4n) is 1.37. The highest BCUT2D eigenvalue weighted by molar-refractivity contribution is 9.10. The minimum Gasteiger partial charge on any atom is -0.398 e. The zero-order valence-electron chi connectivity index (χ0n) is 10.6. The molecule has 0 aliphatic heterocycles. The molecule has 1 aromatic carbocycles. The standard InChI is InChI=1S/C12H17BrN2O2S/c1-7(2)15-12(16)8(3)18(17)11-6-9(13)4-5-10(11)14/h4-8H,14H2,1-3H3,(H,15,16). The maximum Gasteiger partial charge on any atom is 0.236 e. The molecule has 0 saturated heterocycles. The van der Waals surface area contributed by atoms with Gasteiger partial charge < -0.3 is 11.1 Å². The van der Waals surface area contributed by atoms with Crippen LogP contribution in [0.2, 0.25) is 0 Å². The number of rotatable bonds is 4. The second kappa shape index (κ2) is 6.33. The second-order valence-electron chi connectivity index (χ2n) is 4.29. The van der Waals surface area contributed by atoms with Crippen molar-refractivity contribution < 1.29 is 9.00 Å². The SMILES string of the molecule is CC(C)NC(=O)C(C)S(=O)c1cc(Br)ccc1N. The molecule has 0 fully saturated rings. The molecule has 6 heteroatoms. The normalized spacial score (nSPS) is 14.3. The van der Waals surface area contributed by atoms with Crippen molar-refractivity contribution in [3.63, 3.8) is 0 Å². The molecule has 0 aromatic heterocycles. The van der Waals surface area contributed by atoms with Gasteiger partial charge in [0.1, 0.15) is 5.25 Å². The van der Waals surface area contributed by atoms with Crippen molar-refractivity contribution in [3.05, 3.63) is 22.7 Å². The number of halogens is 1. The molecule has 0 aliphatic carbocycles. The molecular weight excluding hydrogens is 316 g/mol. The summed E-state index contributed by atoms with van der Waals surface area (Å²) in [6.07, 6.45) is 0. The van der Waals surface area contributed by atoms with Crippen molar-refractivity contribution in [2.75, 3.05) is 5.73 Å². The lowest BCUT2D eigenvalue weighted by molar-refractivity contribution is -0.120. The molecule has 0 spiro atoms. The van der Waals surface area contributed by atoms with Gasteiger partial charge >= 0.3 is 0 Å². The number of amides is 1. The summed E-state index contributed by atoms with van der Waals surface area (Å²) in [4.78, 5) is 12.3. The van der Waals surface area contributed by atoms with Gasteiger partial charge in [-0.2, -0.15) is 0 Å². The first-order valence-corrected chi connectivity index (χ1v) is 7.59. The molecule has 0 saturated carbocycles. The summed E-state index contributed by atoms with van der Waals surface area (Å²) in [6, 6.07) is 5.15. The van der Waals surface area contributed by atoms with Crippen LogP contribution in [0.1, 0.15) is 20.8 Å². The van der Waals surface area contributed by atoms with E-state index in [1.165, 1.54) is 0 Å². The molecular formula is C12H17BrN2O2S. The minimum absolute atomic E-state index is 0.0248. The van der Waals surface area contributed by atoms with E-state index in [-0.39, 0.29) is 11.9 Å². The van der Waals surface area contributed by atoms with Gasteiger partial charge in [0.05, 0.1) is 15.7 Å². The van der Waals surface area contributed by atoms with Crippen molar-refractivity contribution in [1.82, 2.24) is 5.32 Å². The van der Waals surface area contributed by atoms with Crippen LogP contribution in [0, 0.1) is 0 Å². The fraction of sp³-hybridized carbons (Fsp3) is 0.417. The molecule has 2 unspecified atom stereocenters. The molecule has 0 radical (unpaired) electrons. The predicted octanol–water partition coefficient (Wildman–Crippen LogP) is 2.05. The highest BCUT2D eigenvalue weighted by Gasteiger charge is 2.23. The molecule has 0 heterocycles. The highest BCUT2D eigenvalue weighted by Crippen LogP contribution is 2.23. The Morgan fingerprint density at radius 1 is 1.39 bits per heavy atom. The number of nitrogens with two attached hydrogens (primary N) is 1. The first-order chi connectivity index (χ1) is 8.32. The summed E-state index contributed by atoms with van der Waals surface area (Å²) >= 11 is 3.30. The Hall–Kier alpha value is -0.880. The molecule has 1 amide bonds. The van der Waals surface area contributed by atoms with E-state index in [4.69, 9.17) is 5.73 Å². The third-order valence-corrected chi connectivity index (χ3v) is 4.45. The van der Waals surface area contributed by atoms with E-state index in [1.54, 1.807) is 25.1 Å². The molecule has 2 atom stereocenters. The van der Waals surface area contributed by atoms with Gasteiger partial charge in [-0.05, 0) is 39.0 Å². The summed E-state index contributed by atoms with van der Waals surface area (Å²) in [6.45, 7) is 5.36. The number of nitrogen functional groups attached to an aromatic ring is 1. The van der Waals surface area contributed by atoms with Gasteiger partial charge in [0.2, 0.25) is 5.91 Å². The maximum atomic E-state index is 12.3. The quantitative estimate of drug-likeness (QED) is 0.829. The summed E-state index contributed by atoms with van der Waals surface area (Å²) in [5, 5.41) is 2.11. The second-order valence-corrected chi connectivity index (χ2v) is 6.94. The van der Waals surface area contributed by atoms with Crippen molar-refractivity contribution in [2.45, 2.75) is 37.0 Å². The Labute approximate surface area is 118 Å². The Morgan fingerprint density at radius 2 is 2.00 bits per heavy atom. The number of nitrogens with one attached hydrogen (secondary N) is 1. The smallest absolute Gasteiger partial charge is 0.236 e. The first kappa shape index (κ1) is 15.2. The molecule has 1 aromatic rings. The number of carbonyl (C=O) groups excluding carboxylic acids is 1. The van der Waals surface area contributed by atoms with Crippen LogP contribution in [0.5, 0.6) is 0 Å². The van der Waals surface area contributed by atoms with Crippen molar-refractivity contribution in [3.8, 4) is 0 Å². The van der Waals surface area contributed by atoms with Crippen molar-refractivity contribution in [2.24, 2.45) is 0 Å². The van der Waals surface area contributed by atoms with Gasteiger partial charge in [-0.15, -0.1) is 0 Å². The van der Waals surface area contributed by atoms with Crippen LogP contribution in [-0.4, -0.2) is 21.4 Å². The molecule has 0 bridgehead atoms. The molecule has 100 valence electrons. The van der Waals surface area contributed by atoms with Crippen LogP contribution in [0.4, 0.5) is 5.69 Å². The number of hydrogen-bond donors (Lipinski definition) is 2. The van der Waals surface area contributed by atoms with Crippen LogP contribution >= 0.6 is 15.9 Å². The van der Waals surface area contributed by atoms with Crippen LogP contribution in [-0.2, 0) is 15.6 Å². The number of carbonyl (C=O) groups is 1. The van der Waals surface area contributed by atoms with Gasteiger partial charge in [0.15, 0.2) is 0 Å². The molecule has 3 N–H and O–H groups in total. The number of anilines is 1. The van der Waals surface area contributed by atoms with Gasteiger partial charge in [-0.3, -0.25) is 9.00 Å². The van der Waals surface area contributed by atoms with E-state index in [2.05, 4.69) is 21.2 Å². The molecule has 1 rings (SSSR count). The van der Waals surface area contributed by atoms with Crippen molar-refractivity contribution >= 4 is 38.3 Å². The van der Waals surface area contributed by atoms with Gasteiger partial charge in [0, 0.05) is 16.2 Å². The first-order valence-electron chi connectivity index (χ1n) is 5.59. The zero-order valence-corrected chi connectivity index (χ0v) is 13.0. The third kappa shape index (κ3) is 3.81. The minimum atomic E-state index is -1.46. The van der Waals surface area contributed by atoms with Gasteiger partial charge in [-0.25, -0.2) is 0 Å². The van der Waals surface area contributed by atoms with Gasteiger partial charge in [-0.1, -0.05) is 15.9 Å². The van der Waals surface area contributed by atoms with Crippen LogP contribution in [0.15, 0.2) is 27.6 Å². The van der Waals surface area contributed by atoms with E-state index >= 15 is 0 Å². The topological polar surface area (TPSA) is 72.2 Å². The Morgan fingerprint density at radius 3 is 2.56 bits per heavy atom. The number of benzene rings is 1. The Kier molecular flexibility index (Phi) is 5.34. The average Bonchev–Trinajstić information content (AvgIpc) is 2.29. The monoisotopic (exact) mass is 332 g/mol.